The molecule has 112 valence electrons. The van der Waals surface area contributed by atoms with Crippen molar-refractivity contribution in [1.82, 2.24) is 14.5 Å². The quantitative estimate of drug-likeness (QED) is 0.729. The molecule has 0 aliphatic carbocycles. The first-order valence-electron chi connectivity index (χ1n) is 7.27. The predicted octanol–water partition coefficient (Wildman–Crippen LogP) is 2.67. The van der Waals surface area contributed by atoms with E-state index >= 15 is 0 Å². The number of sulfone groups is 1. The summed E-state index contributed by atoms with van der Waals surface area (Å²) in [5, 5.41) is -0.540. The first kappa shape index (κ1) is 13.5. The highest BCUT2D eigenvalue weighted by atomic mass is 32.2. The van der Waals surface area contributed by atoms with Crippen molar-refractivity contribution in [2.75, 3.05) is 5.75 Å². The lowest BCUT2D eigenvalue weighted by Gasteiger charge is -2.13. The van der Waals surface area contributed by atoms with Gasteiger partial charge in [0.15, 0.2) is 15.5 Å². The number of fused-ring (bicyclic) bond motifs is 1. The Morgan fingerprint density at radius 2 is 1.91 bits per heavy atom. The predicted molar refractivity (Wildman–Crippen MR) is 84.6 cm³/mol. The Balaban J connectivity index is 2.03. The normalized spacial score (nSPS) is 20.5. The second-order valence-corrected chi connectivity index (χ2v) is 7.79. The fourth-order valence-corrected chi connectivity index (χ4v) is 4.92. The molecular weight excluding hydrogens is 298 g/mol. The lowest BCUT2D eigenvalue weighted by molar-refractivity contribution is 0.588. The van der Waals surface area contributed by atoms with Crippen LogP contribution in [-0.2, 0) is 9.84 Å². The molecule has 6 heteroatoms. The molecule has 1 unspecified atom stereocenters. The standard InChI is InChI=1S/C16H15N3O2S/c20-22(21)11-5-9-14(22)16-18-13-8-4-10-17-15(13)19(16)12-6-2-1-3-7-12/h1-4,6-8,10,14H,5,9,11H2. The summed E-state index contributed by atoms with van der Waals surface area (Å²) in [6.45, 7) is 0. The van der Waals surface area contributed by atoms with Crippen LogP contribution in [0.3, 0.4) is 0 Å². The summed E-state index contributed by atoms with van der Waals surface area (Å²) in [7, 11) is -3.13. The molecule has 4 rings (SSSR count). The molecule has 1 atom stereocenters. The molecule has 0 spiro atoms. The van der Waals surface area contributed by atoms with E-state index in [4.69, 9.17) is 0 Å². The number of pyridine rings is 1. The van der Waals surface area contributed by atoms with E-state index in [0.29, 0.717) is 24.3 Å². The van der Waals surface area contributed by atoms with Crippen molar-refractivity contribution in [2.45, 2.75) is 18.1 Å². The monoisotopic (exact) mass is 313 g/mol. The maximum Gasteiger partial charge on any atom is 0.164 e. The zero-order valence-corrected chi connectivity index (χ0v) is 12.7. The number of nitrogens with zero attached hydrogens (tertiary/aromatic N) is 3. The van der Waals surface area contributed by atoms with E-state index in [0.717, 1.165) is 11.2 Å². The van der Waals surface area contributed by atoms with Gasteiger partial charge >= 0.3 is 0 Å². The van der Waals surface area contributed by atoms with Crippen LogP contribution in [0.25, 0.3) is 16.9 Å². The SMILES string of the molecule is O=S1(=O)CCCC1c1nc2cccnc2n1-c1ccccc1. The van der Waals surface area contributed by atoms with Crippen LogP contribution in [-0.4, -0.2) is 28.7 Å². The number of para-hydroxylation sites is 1. The Morgan fingerprint density at radius 1 is 1.09 bits per heavy atom. The molecule has 1 aliphatic rings. The number of aromatic nitrogens is 3. The highest BCUT2D eigenvalue weighted by Gasteiger charge is 2.37. The van der Waals surface area contributed by atoms with Gasteiger partial charge in [-0.05, 0) is 37.1 Å². The van der Waals surface area contributed by atoms with Crippen LogP contribution >= 0.6 is 0 Å². The fourth-order valence-electron chi connectivity index (χ4n) is 3.06. The van der Waals surface area contributed by atoms with Crippen LogP contribution < -0.4 is 0 Å². The third kappa shape index (κ3) is 2.02. The Hall–Kier alpha value is -2.21. The third-order valence-electron chi connectivity index (χ3n) is 4.07. The largest absolute Gasteiger partial charge is 0.280 e. The average molecular weight is 313 g/mol. The summed E-state index contributed by atoms with van der Waals surface area (Å²) in [5.41, 5.74) is 2.31. The van der Waals surface area contributed by atoms with Gasteiger partial charge in [0, 0.05) is 11.9 Å². The van der Waals surface area contributed by atoms with Gasteiger partial charge in [-0.2, -0.15) is 0 Å². The molecule has 1 saturated heterocycles. The first-order valence-corrected chi connectivity index (χ1v) is 8.99. The zero-order chi connectivity index (χ0) is 15.2. The average Bonchev–Trinajstić information content (AvgIpc) is 3.07. The molecule has 5 nitrogen and oxygen atoms in total. The highest BCUT2D eigenvalue weighted by Crippen LogP contribution is 2.36. The molecule has 22 heavy (non-hydrogen) atoms. The molecule has 0 N–H and O–H groups in total. The van der Waals surface area contributed by atoms with Crippen molar-refractivity contribution >= 4 is 21.0 Å². The van der Waals surface area contributed by atoms with Gasteiger partial charge in [-0.25, -0.2) is 18.4 Å². The van der Waals surface area contributed by atoms with Crippen LogP contribution in [0.5, 0.6) is 0 Å². The third-order valence-corrected chi connectivity index (χ3v) is 6.24. The lowest BCUT2D eigenvalue weighted by atomic mass is 10.2. The van der Waals surface area contributed by atoms with Crippen LogP contribution in [0.1, 0.15) is 23.9 Å². The summed E-state index contributed by atoms with van der Waals surface area (Å²) in [4.78, 5) is 8.99. The molecule has 0 bridgehead atoms. The number of imidazole rings is 1. The fraction of sp³-hybridized carbons (Fsp3) is 0.250. The molecule has 0 amide bonds. The van der Waals surface area contributed by atoms with E-state index < -0.39 is 15.1 Å². The summed E-state index contributed by atoms with van der Waals surface area (Å²) in [6, 6.07) is 13.4. The minimum atomic E-state index is -3.13. The maximum atomic E-state index is 12.3. The van der Waals surface area contributed by atoms with Crippen molar-refractivity contribution in [3.8, 4) is 5.69 Å². The van der Waals surface area contributed by atoms with E-state index in [9.17, 15) is 8.42 Å². The van der Waals surface area contributed by atoms with Gasteiger partial charge in [0.25, 0.3) is 0 Å². The van der Waals surface area contributed by atoms with Crippen LogP contribution in [0, 0.1) is 0 Å². The first-order chi connectivity index (χ1) is 10.7. The van der Waals surface area contributed by atoms with Gasteiger partial charge < -0.3 is 0 Å². The van der Waals surface area contributed by atoms with E-state index in [1.165, 1.54) is 0 Å². The van der Waals surface area contributed by atoms with Crippen LogP contribution in [0.2, 0.25) is 0 Å². The number of rotatable bonds is 2. The van der Waals surface area contributed by atoms with Crippen LogP contribution in [0.4, 0.5) is 0 Å². The van der Waals surface area contributed by atoms with Gasteiger partial charge in [0.1, 0.15) is 16.6 Å². The van der Waals surface area contributed by atoms with Gasteiger partial charge in [-0.3, -0.25) is 4.57 Å². The summed E-state index contributed by atoms with van der Waals surface area (Å²) < 4.78 is 26.6. The van der Waals surface area contributed by atoms with E-state index in [1.807, 2.05) is 47.0 Å². The molecular formula is C16H15N3O2S. The Morgan fingerprint density at radius 3 is 2.64 bits per heavy atom. The van der Waals surface area contributed by atoms with Crippen LogP contribution in [0.15, 0.2) is 48.7 Å². The molecule has 1 aliphatic heterocycles. The molecule has 3 aromatic rings. The van der Waals surface area contributed by atoms with E-state index in [1.54, 1.807) is 6.20 Å². The zero-order valence-electron chi connectivity index (χ0n) is 11.9. The van der Waals surface area contributed by atoms with Crippen molar-refractivity contribution in [2.24, 2.45) is 0 Å². The maximum absolute atomic E-state index is 12.3. The Bertz CT molecular complexity index is 932. The van der Waals surface area contributed by atoms with E-state index in [2.05, 4.69) is 9.97 Å². The van der Waals surface area contributed by atoms with Crippen molar-refractivity contribution in [3.05, 3.63) is 54.5 Å². The highest BCUT2D eigenvalue weighted by molar-refractivity contribution is 7.91. The second-order valence-electron chi connectivity index (χ2n) is 5.48. The Kier molecular flexibility index (Phi) is 3.00. The number of hydrogen-bond acceptors (Lipinski definition) is 4. The molecule has 0 saturated carbocycles. The lowest BCUT2D eigenvalue weighted by Crippen LogP contribution is -2.13. The topological polar surface area (TPSA) is 64.8 Å². The Labute approximate surface area is 128 Å². The summed E-state index contributed by atoms with van der Waals surface area (Å²) in [6.07, 6.45) is 3.02. The summed E-state index contributed by atoms with van der Waals surface area (Å²) >= 11 is 0. The number of hydrogen-bond donors (Lipinski definition) is 0. The second kappa shape index (κ2) is 4.91. The van der Waals surface area contributed by atoms with Gasteiger partial charge in [0.2, 0.25) is 0 Å². The molecule has 0 radical (unpaired) electrons. The summed E-state index contributed by atoms with van der Waals surface area (Å²) in [5.74, 6) is 0.820. The van der Waals surface area contributed by atoms with Gasteiger partial charge in [-0.1, -0.05) is 18.2 Å². The minimum Gasteiger partial charge on any atom is -0.280 e. The van der Waals surface area contributed by atoms with Crippen molar-refractivity contribution < 1.29 is 8.42 Å². The smallest absolute Gasteiger partial charge is 0.164 e. The minimum absolute atomic E-state index is 0.239. The van der Waals surface area contributed by atoms with Crippen molar-refractivity contribution in [3.63, 3.8) is 0 Å². The van der Waals surface area contributed by atoms with Crippen molar-refractivity contribution in [1.29, 1.82) is 0 Å². The van der Waals surface area contributed by atoms with E-state index in [-0.39, 0.29) is 5.75 Å². The molecule has 1 fully saturated rings. The molecule has 3 heterocycles. The van der Waals surface area contributed by atoms with Gasteiger partial charge in [-0.15, -0.1) is 0 Å². The molecule has 2 aromatic heterocycles. The van der Waals surface area contributed by atoms with Gasteiger partial charge in [0.05, 0.1) is 5.75 Å². The number of benzene rings is 1. The molecule has 1 aromatic carbocycles.